The molecule has 1 heteroatoms. The summed E-state index contributed by atoms with van der Waals surface area (Å²) in [6.45, 7) is 6.80. The van der Waals surface area contributed by atoms with Crippen molar-refractivity contribution >= 4 is 11.3 Å². The molecule has 0 bridgehead atoms. The van der Waals surface area contributed by atoms with Crippen molar-refractivity contribution in [2.24, 2.45) is 0 Å². The topological polar surface area (TPSA) is 0 Å². The molecule has 0 N–H and O–H groups in total. The molecule has 1 aromatic heterocycles. The van der Waals surface area contributed by atoms with Crippen molar-refractivity contribution in [2.75, 3.05) is 0 Å². The summed E-state index contributed by atoms with van der Waals surface area (Å²) < 4.78 is 0. The van der Waals surface area contributed by atoms with Gasteiger partial charge in [0.2, 0.25) is 0 Å². The van der Waals surface area contributed by atoms with E-state index < -0.39 is 0 Å². The first kappa shape index (κ1) is 12.8. The van der Waals surface area contributed by atoms with Crippen LogP contribution in [-0.4, -0.2) is 0 Å². The molecule has 1 heterocycles. The number of thiophene rings is 1. The largest absolute Gasteiger partial charge is 0.145 e. The molecule has 86 valence electrons. The smallest absolute Gasteiger partial charge is 0.00789 e. The fourth-order valence-corrected chi connectivity index (χ4v) is 3.13. The average molecular weight is 224 g/mol. The zero-order valence-corrected chi connectivity index (χ0v) is 11.2. The molecule has 1 unspecified atom stereocenters. The third-order valence-corrected chi connectivity index (χ3v) is 4.23. The van der Waals surface area contributed by atoms with E-state index in [0.29, 0.717) is 0 Å². The van der Waals surface area contributed by atoms with Gasteiger partial charge in [0.1, 0.15) is 0 Å². The average Bonchev–Trinajstić information content (AvgIpc) is 2.65. The summed E-state index contributed by atoms with van der Waals surface area (Å²) in [4.78, 5) is 3.06. The van der Waals surface area contributed by atoms with E-state index in [1.54, 1.807) is 4.88 Å². The summed E-state index contributed by atoms with van der Waals surface area (Å²) in [5, 5.41) is 0. The van der Waals surface area contributed by atoms with Gasteiger partial charge >= 0.3 is 0 Å². The maximum Gasteiger partial charge on any atom is 0.00789 e. The summed E-state index contributed by atoms with van der Waals surface area (Å²) in [5.74, 6) is 0.820. The second-order valence-corrected chi connectivity index (χ2v) is 5.72. The quantitative estimate of drug-likeness (QED) is 0.535. The van der Waals surface area contributed by atoms with E-state index in [0.717, 1.165) is 5.92 Å². The van der Waals surface area contributed by atoms with Crippen molar-refractivity contribution in [3.63, 3.8) is 0 Å². The van der Waals surface area contributed by atoms with Crippen LogP contribution in [0.3, 0.4) is 0 Å². The highest BCUT2D eigenvalue weighted by Gasteiger charge is 2.10. The van der Waals surface area contributed by atoms with Crippen molar-refractivity contribution in [2.45, 2.75) is 65.2 Å². The van der Waals surface area contributed by atoms with Crippen LogP contribution in [0.2, 0.25) is 0 Å². The molecule has 0 aliphatic heterocycles. The van der Waals surface area contributed by atoms with Crippen LogP contribution < -0.4 is 0 Å². The molecular weight excluding hydrogens is 200 g/mol. The molecule has 0 radical (unpaired) electrons. The monoisotopic (exact) mass is 224 g/mol. The maximum absolute atomic E-state index is 2.33. The fourth-order valence-electron chi connectivity index (χ4n) is 2.04. The Bertz CT molecular complexity index is 262. The molecule has 1 aromatic rings. The number of unbranched alkanes of at least 4 members (excludes halogenated alkanes) is 3. The van der Waals surface area contributed by atoms with Crippen molar-refractivity contribution in [3.05, 3.63) is 21.9 Å². The summed E-state index contributed by atoms with van der Waals surface area (Å²) in [6.07, 6.45) is 8.25. The molecule has 0 saturated heterocycles. The third-order valence-electron chi connectivity index (χ3n) is 3.06. The molecule has 0 fully saturated rings. The van der Waals surface area contributed by atoms with Crippen LogP contribution in [0.25, 0.3) is 0 Å². The van der Waals surface area contributed by atoms with E-state index in [1.807, 2.05) is 11.3 Å². The summed E-state index contributed by atoms with van der Waals surface area (Å²) in [6, 6.07) is 4.59. The van der Waals surface area contributed by atoms with Gasteiger partial charge in [0.25, 0.3) is 0 Å². The predicted octanol–water partition coefficient (Wildman–Crippen LogP) is 5.52. The first-order valence-electron chi connectivity index (χ1n) is 6.34. The van der Waals surface area contributed by atoms with E-state index in [-0.39, 0.29) is 0 Å². The minimum Gasteiger partial charge on any atom is -0.145 e. The number of aryl methyl sites for hydroxylation is 1. The minimum absolute atomic E-state index is 0.820. The number of rotatable bonds is 7. The second-order valence-electron chi connectivity index (χ2n) is 4.40. The fraction of sp³-hybridized carbons (Fsp3) is 0.714. The van der Waals surface area contributed by atoms with Gasteiger partial charge in [0, 0.05) is 9.75 Å². The zero-order valence-electron chi connectivity index (χ0n) is 10.4. The third kappa shape index (κ3) is 4.38. The Labute approximate surface area is 98.7 Å². The van der Waals surface area contributed by atoms with Crippen LogP contribution in [0, 0.1) is 6.92 Å². The van der Waals surface area contributed by atoms with Gasteiger partial charge in [-0.05, 0) is 37.8 Å². The van der Waals surface area contributed by atoms with Crippen LogP contribution in [0.15, 0.2) is 12.1 Å². The highest BCUT2D eigenvalue weighted by molar-refractivity contribution is 7.12. The Morgan fingerprint density at radius 1 is 1.13 bits per heavy atom. The van der Waals surface area contributed by atoms with Crippen molar-refractivity contribution in [3.8, 4) is 0 Å². The molecule has 0 saturated carbocycles. The zero-order chi connectivity index (χ0) is 11.1. The molecule has 0 aliphatic rings. The molecule has 0 aliphatic carbocycles. The Morgan fingerprint density at radius 3 is 2.47 bits per heavy atom. The summed E-state index contributed by atoms with van der Waals surface area (Å²) >= 11 is 1.98. The van der Waals surface area contributed by atoms with Gasteiger partial charge in [0.15, 0.2) is 0 Å². The van der Waals surface area contributed by atoms with Gasteiger partial charge in [-0.25, -0.2) is 0 Å². The summed E-state index contributed by atoms with van der Waals surface area (Å²) in [7, 11) is 0. The van der Waals surface area contributed by atoms with Crippen molar-refractivity contribution in [1.82, 2.24) is 0 Å². The van der Waals surface area contributed by atoms with Crippen LogP contribution >= 0.6 is 11.3 Å². The van der Waals surface area contributed by atoms with Gasteiger partial charge in [-0.3, -0.25) is 0 Å². The van der Waals surface area contributed by atoms with E-state index in [1.165, 1.54) is 43.4 Å². The molecule has 0 amide bonds. The van der Waals surface area contributed by atoms with Gasteiger partial charge in [-0.2, -0.15) is 0 Å². The van der Waals surface area contributed by atoms with E-state index >= 15 is 0 Å². The van der Waals surface area contributed by atoms with E-state index in [2.05, 4.69) is 32.9 Å². The lowest BCUT2D eigenvalue weighted by Gasteiger charge is -2.12. The lowest BCUT2D eigenvalue weighted by atomic mass is 9.97. The predicted molar refractivity (Wildman–Crippen MR) is 70.8 cm³/mol. The first-order valence-corrected chi connectivity index (χ1v) is 7.15. The van der Waals surface area contributed by atoms with Gasteiger partial charge in [-0.15, -0.1) is 11.3 Å². The van der Waals surface area contributed by atoms with Crippen LogP contribution in [0.4, 0.5) is 0 Å². The highest BCUT2D eigenvalue weighted by Crippen LogP contribution is 2.31. The lowest BCUT2D eigenvalue weighted by Crippen LogP contribution is -1.94. The minimum atomic E-state index is 0.820. The Kier molecular flexibility index (Phi) is 6.00. The number of hydrogen-bond donors (Lipinski definition) is 0. The van der Waals surface area contributed by atoms with E-state index in [9.17, 15) is 0 Å². The molecule has 1 atom stereocenters. The van der Waals surface area contributed by atoms with Gasteiger partial charge in [-0.1, -0.05) is 39.5 Å². The highest BCUT2D eigenvalue weighted by atomic mass is 32.1. The molecule has 0 nitrogen and oxygen atoms in total. The van der Waals surface area contributed by atoms with Crippen molar-refractivity contribution < 1.29 is 0 Å². The maximum atomic E-state index is 2.33. The Hall–Kier alpha value is -0.300. The molecule has 1 rings (SSSR count). The first-order chi connectivity index (χ1) is 7.27. The van der Waals surface area contributed by atoms with Crippen LogP contribution in [0.1, 0.15) is 68.0 Å². The van der Waals surface area contributed by atoms with Crippen LogP contribution in [-0.2, 0) is 0 Å². The normalized spacial score (nSPS) is 13.0. The molecule has 0 aromatic carbocycles. The second kappa shape index (κ2) is 7.05. The Balaban J connectivity index is 2.35. The molecule has 15 heavy (non-hydrogen) atoms. The standard InChI is InChI=1S/C14H24S/c1-4-6-7-8-9-13(5-2)14-11-10-12(3)15-14/h10-11,13H,4-9H2,1-3H3. The lowest BCUT2D eigenvalue weighted by molar-refractivity contribution is 0.548. The van der Waals surface area contributed by atoms with Gasteiger partial charge < -0.3 is 0 Å². The Morgan fingerprint density at radius 2 is 1.93 bits per heavy atom. The van der Waals surface area contributed by atoms with Crippen LogP contribution in [0.5, 0.6) is 0 Å². The van der Waals surface area contributed by atoms with E-state index in [4.69, 9.17) is 0 Å². The number of hydrogen-bond acceptors (Lipinski definition) is 1. The van der Waals surface area contributed by atoms with Gasteiger partial charge in [0.05, 0.1) is 0 Å². The SMILES string of the molecule is CCCCCCC(CC)c1ccc(C)s1. The molecular formula is C14H24S. The summed E-state index contributed by atoms with van der Waals surface area (Å²) in [5.41, 5.74) is 0. The van der Waals surface area contributed by atoms with Crippen molar-refractivity contribution in [1.29, 1.82) is 0 Å². The molecule has 0 spiro atoms.